The number of ether oxygens (including phenoxy) is 3. The Bertz CT molecular complexity index is 979. The normalized spacial score (nSPS) is 12.8. The van der Waals surface area contributed by atoms with Crippen molar-refractivity contribution < 1.29 is 19.0 Å². The third-order valence-electron chi connectivity index (χ3n) is 4.56. The molecule has 7 nitrogen and oxygen atoms in total. The molecule has 0 spiro atoms. The monoisotopic (exact) mass is 367 g/mol. The van der Waals surface area contributed by atoms with Gasteiger partial charge in [0.2, 0.25) is 5.75 Å². The molecule has 0 atom stereocenters. The number of hydrogen-bond donors (Lipinski definition) is 1. The van der Waals surface area contributed by atoms with Crippen LogP contribution in [-0.2, 0) is 6.54 Å². The highest BCUT2D eigenvalue weighted by atomic mass is 16.6. The Labute approximate surface area is 156 Å². The van der Waals surface area contributed by atoms with Gasteiger partial charge in [-0.1, -0.05) is 12.1 Å². The number of imidazole rings is 1. The molecule has 0 fully saturated rings. The van der Waals surface area contributed by atoms with Crippen molar-refractivity contribution in [2.45, 2.75) is 13.5 Å². The number of para-hydroxylation sites is 2. The summed E-state index contributed by atoms with van der Waals surface area (Å²) in [6.45, 7) is 4.01. The van der Waals surface area contributed by atoms with E-state index in [1.54, 1.807) is 19.2 Å². The van der Waals surface area contributed by atoms with E-state index in [9.17, 15) is 4.79 Å². The zero-order chi connectivity index (χ0) is 18.8. The number of fused-ring (bicyclic) bond motifs is 2. The Kier molecular flexibility index (Phi) is 4.58. The first-order chi connectivity index (χ1) is 13.2. The fraction of sp³-hybridized carbons (Fsp3) is 0.300. The number of amides is 1. The van der Waals surface area contributed by atoms with Gasteiger partial charge < -0.3 is 24.1 Å². The maximum absolute atomic E-state index is 12.6. The van der Waals surface area contributed by atoms with Crippen LogP contribution in [0.5, 0.6) is 17.2 Å². The van der Waals surface area contributed by atoms with Crippen LogP contribution in [0.2, 0.25) is 0 Å². The molecule has 0 unspecified atom stereocenters. The fourth-order valence-corrected chi connectivity index (χ4v) is 3.27. The first-order valence-electron chi connectivity index (χ1n) is 8.85. The second-order valence-corrected chi connectivity index (χ2v) is 6.26. The summed E-state index contributed by atoms with van der Waals surface area (Å²) >= 11 is 0. The van der Waals surface area contributed by atoms with Crippen LogP contribution in [0, 0.1) is 6.92 Å². The van der Waals surface area contributed by atoms with E-state index in [1.165, 1.54) is 0 Å². The number of methoxy groups -OCH3 is 1. The Morgan fingerprint density at radius 2 is 2.07 bits per heavy atom. The second-order valence-electron chi connectivity index (χ2n) is 6.26. The van der Waals surface area contributed by atoms with Crippen molar-refractivity contribution in [3.05, 3.63) is 47.8 Å². The number of aryl methyl sites for hydroxylation is 1. The van der Waals surface area contributed by atoms with Crippen LogP contribution in [0.4, 0.5) is 0 Å². The molecule has 0 aliphatic carbocycles. The second kappa shape index (κ2) is 7.19. The minimum Gasteiger partial charge on any atom is -0.493 e. The minimum absolute atomic E-state index is 0.188. The molecular formula is C20H21N3O4. The Hall–Kier alpha value is -3.22. The van der Waals surface area contributed by atoms with E-state index in [-0.39, 0.29) is 5.91 Å². The number of rotatable bonds is 5. The molecule has 1 aliphatic heterocycles. The third-order valence-corrected chi connectivity index (χ3v) is 4.56. The maximum atomic E-state index is 12.6. The molecule has 3 aromatic rings. The molecule has 1 amide bonds. The zero-order valence-electron chi connectivity index (χ0n) is 15.3. The van der Waals surface area contributed by atoms with Gasteiger partial charge >= 0.3 is 0 Å². The molecule has 1 aliphatic rings. The van der Waals surface area contributed by atoms with Crippen molar-refractivity contribution >= 4 is 16.9 Å². The quantitative estimate of drug-likeness (QED) is 0.750. The van der Waals surface area contributed by atoms with Crippen molar-refractivity contribution in [2.75, 3.05) is 26.9 Å². The number of hydrogen-bond acceptors (Lipinski definition) is 5. The molecule has 0 saturated heterocycles. The van der Waals surface area contributed by atoms with Crippen LogP contribution < -0.4 is 19.5 Å². The van der Waals surface area contributed by atoms with Gasteiger partial charge in [-0.15, -0.1) is 0 Å². The molecule has 27 heavy (non-hydrogen) atoms. The Morgan fingerprint density at radius 1 is 1.26 bits per heavy atom. The number of aromatic nitrogens is 2. The van der Waals surface area contributed by atoms with Crippen LogP contribution in [0.25, 0.3) is 11.0 Å². The molecule has 0 radical (unpaired) electrons. The SMILES string of the molecule is COc1cc(C(=O)NCCn2c(C)nc3ccccc32)cc2c1OCCO2. The summed E-state index contributed by atoms with van der Waals surface area (Å²) in [5, 5.41) is 2.95. The Balaban J connectivity index is 1.47. The largest absolute Gasteiger partial charge is 0.493 e. The van der Waals surface area contributed by atoms with Crippen LogP contribution in [0.1, 0.15) is 16.2 Å². The van der Waals surface area contributed by atoms with Crippen LogP contribution in [-0.4, -0.2) is 42.3 Å². The highest BCUT2D eigenvalue weighted by Crippen LogP contribution is 2.40. The fourth-order valence-electron chi connectivity index (χ4n) is 3.27. The van der Waals surface area contributed by atoms with Crippen molar-refractivity contribution in [2.24, 2.45) is 0 Å². The van der Waals surface area contributed by atoms with Crippen molar-refractivity contribution in [3.63, 3.8) is 0 Å². The highest BCUT2D eigenvalue weighted by molar-refractivity contribution is 5.95. The van der Waals surface area contributed by atoms with E-state index in [1.807, 2.05) is 31.2 Å². The van der Waals surface area contributed by atoms with Gasteiger partial charge in [-0.05, 0) is 31.2 Å². The lowest BCUT2D eigenvalue weighted by molar-refractivity contribution is 0.0950. The number of benzene rings is 2. The molecule has 2 aromatic carbocycles. The molecule has 1 N–H and O–H groups in total. The van der Waals surface area contributed by atoms with Gasteiger partial charge in [-0.2, -0.15) is 0 Å². The van der Waals surface area contributed by atoms with Gasteiger partial charge in [0, 0.05) is 18.7 Å². The van der Waals surface area contributed by atoms with Crippen LogP contribution in [0.3, 0.4) is 0 Å². The first-order valence-corrected chi connectivity index (χ1v) is 8.85. The molecule has 1 aromatic heterocycles. The molecule has 0 saturated carbocycles. The summed E-state index contributed by atoms with van der Waals surface area (Å²) in [6.07, 6.45) is 0. The van der Waals surface area contributed by atoms with E-state index in [4.69, 9.17) is 14.2 Å². The van der Waals surface area contributed by atoms with E-state index in [2.05, 4.69) is 14.9 Å². The maximum Gasteiger partial charge on any atom is 0.251 e. The van der Waals surface area contributed by atoms with Gasteiger partial charge in [0.15, 0.2) is 11.5 Å². The highest BCUT2D eigenvalue weighted by Gasteiger charge is 2.20. The number of nitrogens with zero attached hydrogens (tertiary/aromatic N) is 2. The van der Waals surface area contributed by atoms with Crippen molar-refractivity contribution in [3.8, 4) is 17.2 Å². The molecule has 0 bridgehead atoms. The zero-order valence-corrected chi connectivity index (χ0v) is 15.3. The Morgan fingerprint density at radius 3 is 2.93 bits per heavy atom. The predicted molar refractivity (Wildman–Crippen MR) is 101 cm³/mol. The minimum atomic E-state index is -0.188. The lowest BCUT2D eigenvalue weighted by Crippen LogP contribution is -2.28. The van der Waals surface area contributed by atoms with Gasteiger partial charge in [-0.25, -0.2) is 4.98 Å². The van der Waals surface area contributed by atoms with Crippen LogP contribution >= 0.6 is 0 Å². The topological polar surface area (TPSA) is 74.6 Å². The third kappa shape index (κ3) is 3.28. The van der Waals surface area contributed by atoms with E-state index >= 15 is 0 Å². The summed E-state index contributed by atoms with van der Waals surface area (Å²) < 4.78 is 18.6. The molecule has 4 rings (SSSR count). The molecule has 140 valence electrons. The van der Waals surface area contributed by atoms with E-state index in [0.29, 0.717) is 49.1 Å². The van der Waals surface area contributed by atoms with E-state index < -0.39 is 0 Å². The van der Waals surface area contributed by atoms with Gasteiger partial charge in [0.1, 0.15) is 19.0 Å². The summed E-state index contributed by atoms with van der Waals surface area (Å²) in [5.41, 5.74) is 2.49. The lowest BCUT2D eigenvalue weighted by Gasteiger charge is -2.21. The van der Waals surface area contributed by atoms with Crippen molar-refractivity contribution in [1.29, 1.82) is 0 Å². The summed E-state index contributed by atoms with van der Waals surface area (Å²) in [5.74, 6) is 2.30. The van der Waals surface area contributed by atoms with Gasteiger partial charge in [0.05, 0.1) is 18.1 Å². The average molecular weight is 367 g/mol. The van der Waals surface area contributed by atoms with E-state index in [0.717, 1.165) is 16.9 Å². The molecular weight excluding hydrogens is 346 g/mol. The lowest BCUT2D eigenvalue weighted by atomic mass is 10.1. The van der Waals surface area contributed by atoms with Crippen molar-refractivity contribution in [1.82, 2.24) is 14.9 Å². The smallest absolute Gasteiger partial charge is 0.251 e. The summed E-state index contributed by atoms with van der Waals surface area (Å²) in [4.78, 5) is 17.1. The van der Waals surface area contributed by atoms with Gasteiger partial charge in [-0.3, -0.25) is 4.79 Å². The predicted octanol–water partition coefficient (Wildman–Crippen LogP) is 2.55. The molecule has 7 heteroatoms. The molecule has 2 heterocycles. The number of carbonyl (C=O) groups excluding carboxylic acids is 1. The summed E-state index contributed by atoms with van der Waals surface area (Å²) in [7, 11) is 1.54. The number of carbonyl (C=O) groups is 1. The standard InChI is InChI=1S/C20H21N3O4/c1-13-22-15-5-3-4-6-16(15)23(13)8-7-21-20(24)14-11-17(25-2)19-18(12-14)26-9-10-27-19/h3-6,11-12H,7-10H2,1-2H3,(H,21,24). The first kappa shape index (κ1) is 17.2. The average Bonchev–Trinajstić information content (AvgIpc) is 3.02. The number of nitrogens with one attached hydrogen (secondary N) is 1. The van der Waals surface area contributed by atoms with Gasteiger partial charge in [0.25, 0.3) is 5.91 Å². The summed E-state index contributed by atoms with van der Waals surface area (Å²) in [6, 6.07) is 11.3. The van der Waals surface area contributed by atoms with Crippen LogP contribution in [0.15, 0.2) is 36.4 Å².